The third-order valence-corrected chi connectivity index (χ3v) is 3.62. The summed E-state index contributed by atoms with van der Waals surface area (Å²) in [5.41, 5.74) is 2.36. The third-order valence-electron chi connectivity index (χ3n) is 3.09. The molecule has 0 aliphatic rings. The number of anilines is 1. The van der Waals surface area contributed by atoms with Crippen LogP contribution in [0.15, 0.2) is 53.0 Å². The van der Waals surface area contributed by atoms with Crippen molar-refractivity contribution in [2.24, 2.45) is 0 Å². The van der Waals surface area contributed by atoms with Crippen molar-refractivity contribution < 1.29 is 4.74 Å². The lowest BCUT2D eigenvalue weighted by atomic mass is 10.0. The SMILES string of the molecule is CCC(Nc1cccc(OC)c1)c1ccc(Br)cc1. The summed E-state index contributed by atoms with van der Waals surface area (Å²) in [6.07, 6.45) is 1.03. The van der Waals surface area contributed by atoms with Gasteiger partial charge >= 0.3 is 0 Å². The zero-order chi connectivity index (χ0) is 13.7. The molecule has 0 saturated heterocycles. The Bertz CT molecular complexity index is 525. The molecule has 0 spiro atoms. The number of rotatable bonds is 5. The van der Waals surface area contributed by atoms with Crippen LogP contribution in [-0.2, 0) is 0 Å². The monoisotopic (exact) mass is 319 g/mol. The van der Waals surface area contributed by atoms with Crippen LogP contribution in [0.1, 0.15) is 24.9 Å². The van der Waals surface area contributed by atoms with Gasteiger partial charge in [-0.25, -0.2) is 0 Å². The summed E-state index contributed by atoms with van der Waals surface area (Å²) in [6.45, 7) is 2.18. The van der Waals surface area contributed by atoms with E-state index in [4.69, 9.17) is 4.74 Å². The maximum absolute atomic E-state index is 5.25. The van der Waals surface area contributed by atoms with E-state index in [1.807, 2.05) is 18.2 Å². The molecule has 0 aliphatic heterocycles. The molecule has 1 N–H and O–H groups in total. The summed E-state index contributed by atoms with van der Waals surface area (Å²) in [4.78, 5) is 0. The summed E-state index contributed by atoms with van der Waals surface area (Å²) in [5.74, 6) is 0.871. The average molecular weight is 320 g/mol. The van der Waals surface area contributed by atoms with Crippen molar-refractivity contribution >= 4 is 21.6 Å². The number of hydrogen-bond donors (Lipinski definition) is 1. The Balaban J connectivity index is 2.16. The third kappa shape index (κ3) is 3.74. The molecule has 0 bridgehead atoms. The predicted molar refractivity (Wildman–Crippen MR) is 83.8 cm³/mol. The van der Waals surface area contributed by atoms with E-state index in [9.17, 15) is 0 Å². The maximum atomic E-state index is 5.25. The van der Waals surface area contributed by atoms with Gasteiger partial charge in [0.15, 0.2) is 0 Å². The summed E-state index contributed by atoms with van der Waals surface area (Å²) < 4.78 is 6.35. The molecule has 2 aromatic rings. The van der Waals surface area contributed by atoms with E-state index in [1.54, 1.807) is 7.11 Å². The molecule has 0 fully saturated rings. The normalized spacial score (nSPS) is 11.9. The van der Waals surface area contributed by atoms with E-state index in [2.05, 4.69) is 58.5 Å². The lowest BCUT2D eigenvalue weighted by Crippen LogP contribution is -2.09. The molecule has 2 rings (SSSR count). The van der Waals surface area contributed by atoms with Gasteiger partial charge in [0.2, 0.25) is 0 Å². The Morgan fingerprint density at radius 3 is 2.53 bits per heavy atom. The fourth-order valence-electron chi connectivity index (χ4n) is 2.03. The Labute approximate surface area is 122 Å². The molecule has 3 heteroatoms. The minimum absolute atomic E-state index is 0.306. The number of benzene rings is 2. The Morgan fingerprint density at radius 2 is 1.89 bits per heavy atom. The van der Waals surface area contributed by atoms with Crippen LogP contribution in [0, 0.1) is 0 Å². The first kappa shape index (κ1) is 13.9. The molecule has 100 valence electrons. The van der Waals surface area contributed by atoms with E-state index in [1.165, 1.54) is 5.56 Å². The van der Waals surface area contributed by atoms with Gasteiger partial charge in [-0.2, -0.15) is 0 Å². The van der Waals surface area contributed by atoms with Crippen LogP contribution in [0.2, 0.25) is 0 Å². The van der Waals surface area contributed by atoms with Gasteiger partial charge < -0.3 is 10.1 Å². The lowest BCUT2D eigenvalue weighted by molar-refractivity contribution is 0.415. The number of methoxy groups -OCH3 is 1. The van der Waals surface area contributed by atoms with Crippen LogP contribution in [0.5, 0.6) is 5.75 Å². The number of hydrogen-bond acceptors (Lipinski definition) is 2. The molecule has 0 saturated carbocycles. The highest BCUT2D eigenvalue weighted by Gasteiger charge is 2.09. The quantitative estimate of drug-likeness (QED) is 0.835. The Hall–Kier alpha value is -1.48. The van der Waals surface area contributed by atoms with Crippen LogP contribution >= 0.6 is 15.9 Å². The summed E-state index contributed by atoms with van der Waals surface area (Å²) in [5, 5.41) is 3.54. The average Bonchev–Trinajstić information content (AvgIpc) is 2.46. The Morgan fingerprint density at radius 1 is 1.16 bits per heavy atom. The summed E-state index contributed by atoms with van der Waals surface area (Å²) in [7, 11) is 1.69. The fourth-order valence-corrected chi connectivity index (χ4v) is 2.29. The van der Waals surface area contributed by atoms with Crippen molar-refractivity contribution in [3.8, 4) is 5.75 Å². The van der Waals surface area contributed by atoms with Crippen LogP contribution in [0.4, 0.5) is 5.69 Å². The van der Waals surface area contributed by atoms with E-state index >= 15 is 0 Å². The molecule has 0 radical (unpaired) electrons. The standard InChI is InChI=1S/C16H18BrNO/c1-3-16(12-7-9-13(17)10-8-12)18-14-5-4-6-15(11-14)19-2/h4-11,16,18H,3H2,1-2H3. The highest BCUT2D eigenvalue weighted by molar-refractivity contribution is 9.10. The van der Waals surface area contributed by atoms with Gasteiger partial charge in [-0.1, -0.05) is 41.1 Å². The minimum atomic E-state index is 0.306. The van der Waals surface area contributed by atoms with E-state index < -0.39 is 0 Å². The zero-order valence-electron chi connectivity index (χ0n) is 11.2. The van der Waals surface area contributed by atoms with Crippen LogP contribution in [0.25, 0.3) is 0 Å². The predicted octanol–water partition coefficient (Wildman–Crippen LogP) is 5.02. The maximum Gasteiger partial charge on any atom is 0.120 e. The van der Waals surface area contributed by atoms with Gasteiger partial charge in [-0.15, -0.1) is 0 Å². The fraction of sp³-hybridized carbons (Fsp3) is 0.250. The van der Waals surface area contributed by atoms with Gasteiger partial charge in [-0.3, -0.25) is 0 Å². The molecule has 0 aliphatic carbocycles. The van der Waals surface area contributed by atoms with E-state index in [-0.39, 0.29) is 0 Å². The van der Waals surface area contributed by atoms with Crippen molar-refractivity contribution in [3.05, 3.63) is 58.6 Å². The largest absolute Gasteiger partial charge is 0.497 e. The second-order valence-electron chi connectivity index (χ2n) is 4.39. The van der Waals surface area contributed by atoms with E-state index in [0.717, 1.165) is 22.3 Å². The highest BCUT2D eigenvalue weighted by Crippen LogP contribution is 2.25. The zero-order valence-corrected chi connectivity index (χ0v) is 12.8. The van der Waals surface area contributed by atoms with Gasteiger partial charge in [0.05, 0.1) is 13.2 Å². The van der Waals surface area contributed by atoms with Crippen LogP contribution < -0.4 is 10.1 Å². The first-order valence-electron chi connectivity index (χ1n) is 6.39. The molecule has 1 atom stereocenters. The Kier molecular flexibility index (Phi) is 4.86. The summed E-state index contributed by atoms with van der Waals surface area (Å²) >= 11 is 3.47. The smallest absolute Gasteiger partial charge is 0.120 e. The topological polar surface area (TPSA) is 21.3 Å². The number of nitrogens with one attached hydrogen (secondary N) is 1. The van der Waals surface area contributed by atoms with Crippen molar-refractivity contribution in [1.29, 1.82) is 0 Å². The van der Waals surface area contributed by atoms with Gasteiger partial charge in [0.1, 0.15) is 5.75 Å². The number of halogens is 1. The highest BCUT2D eigenvalue weighted by atomic mass is 79.9. The second-order valence-corrected chi connectivity index (χ2v) is 5.30. The summed E-state index contributed by atoms with van der Waals surface area (Å²) in [6, 6.07) is 16.8. The molecule has 0 aromatic heterocycles. The van der Waals surface area contributed by atoms with Crippen molar-refractivity contribution in [1.82, 2.24) is 0 Å². The van der Waals surface area contributed by atoms with Crippen molar-refractivity contribution in [3.63, 3.8) is 0 Å². The van der Waals surface area contributed by atoms with Crippen LogP contribution in [0.3, 0.4) is 0 Å². The van der Waals surface area contributed by atoms with Crippen molar-refractivity contribution in [2.45, 2.75) is 19.4 Å². The molecule has 0 amide bonds. The molecule has 2 nitrogen and oxygen atoms in total. The molecule has 2 aromatic carbocycles. The van der Waals surface area contributed by atoms with Gasteiger partial charge in [0.25, 0.3) is 0 Å². The van der Waals surface area contributed by atoms with Gasteiger partial charge in [0, 0.05) is 16.2 Å². The molecule has 1 unspecified atom stereocenters. The molecule has 19 heavy (non-hydrogen) atoms. The van der Waals surface area contributed by atoms with Crippen LogP contribution in [-0.4, -0.2) is 7.11 Å². The number of ether oxygens (including phenoxy) is 1. The van der Waals surface area contributed by atoms with Gasteiger partial charge in [-0.05, 0) is 36.2 Å². The first-order valence-corrected chi connectivity index (χ1v) is 7.18. The van der Waals surface area contributed by atoms with E-state index in [0.29, 0.717) is 6.04 Å². The van der Waals surface area contributed by atoms with Crippen molar-refractivity contribution in [2.75, 3.05) is 12.4 Å². The molecular formula is C16H18BrNO. The molecular weight excluding hydrogens is 302 g/mol. The lowest BCUT2D eigenvalue weighted by Gasteiger charge is -2.19. The molecule has 0 heterocycles. The first-order chi connectivity index (χ1) is 9.22. The minimum Gasteiger partial charge on any atom is -0.497 e. The second kappa shape index (κ2) is 6.62.